The molecule has 1 aliphatic heterocycles. The molecule has 0 fully saturated rings. The summed E-state index contributed by atoms with van der Waals surface area (Å²) in [7, 11) is 1.59. The normalized spacial score (nSPS) is 16.2. The SMILES string of the molecule is COc1cccc(C2=NO[C@@H](C(=O)Nc3cc(C)ccc3O)C2)c1. The lowest BCUT2D eigenvalue weighted by Crippen LogP contribution is -2.28. The number of aromatic hydroxyl groups is 1. The molecular formula is C18H18N2O4. The van der Waals surface area contributed by atoms with Crippen molar-refractivity contribution in [3.8, 4) is 11.5 Å². The van der Waals surface area contributed by atoms with E-state index in [2.05, 4.69) is 10.5 Å². The van der Waals surface area contributed by atoms with Crippen molar-refractivity contribution in [2.24, 2.45) is 5.16 Å². The van der Waals surface area contributed by atoms with E-state index in [1.807, 2.05) is 31.2 Å². The maximum Gasteiger partial charge on any atom is 0.268 e. The molecule has 1 heterocycles. The number of methoxy groups -OCH3 is 1. The molecule has 6 heteroatoms. The molecule has 3 rings (SSSR count). The van der Waals surface area contributed by atoms with Gasteiger partial charge >= 0.3 is 0 Å². The van der Waals surface area contributed by atoms with Gasteiger partial charge in [0.05, 0.1) is 18.5 Å². The van der Waals surface area contributed by atoms with Crippen LogP contribution in [0.25, 0.3) is 0 Å². The molecular weight excluding hydrogens is 308 g/mol. The highest BCUT2D eigenvalue weighted by Crippen LogP contribution is 2.26. The Morgan fingerprint density at radius 3 is 2.96 bits per heavy atom. The third-order valence-electron chi connectivity index (χ3n) is 3.77. The summed E-state index contributed by atoms with van der Waals surface area (Å²) < 4.78 is 5.19. The highest BCUT2D eigenvalue weighted by atomic mass is 16.6. The van der Waals surface area contributed by atoms with Crippen LogP contribution in [-0.4, -0.2) is 29.9 Å². The summed E-state index contributed by atoms with van der Waals surface area (Å²) in [6.45, 7) is 1.88. The van der Waals surface area contributed by atoms with Gasteiger partial charge in [-0.25, -0.2) is 0 Å². The van der Waals surface area contributed by atoms with E-state index >= 15 is 0 Å². The van der Waals surface area contributed by atoms with Crippen molar-refractivity contribution in [3.63, 3.8) is 0 Å². The van der Waals surface area contributed by atoms with Gasteiger partial charge in [-0.15, -0.1) is 0 Å². The number of carbonyl (C=O) groups is 1. The monoisotopic (exact) mass is 326 g/mol. The van der Waals surface area contributed by atoms with Crippen LogP contribution in [0.15, 0.2) is 47.6 Å². The topological polar surface area (TPSA) is 80.2 Å². The molecule has 2 aromatic rings. The summed E-state index contributed by atoms with van der Waals surface area (Å²) >= 11 is 0. The van der Waals surface area contributed by atoms with Crippen LogP contribution in [0.1, 0.15) is 17.5 Å². The van der Waals surface area contributed by atoms with Crippen molar-refractivity contribution in [3.05, 3.63) is 53.6 Å². The van der Waals surface area contributed by atoms with Gasteiger partial charge in [0.1, 0.15) is 11.5 Å². The number of phenols is 1. The largest absolute Gasteiger partial charge is 0.506 e. The van der Waals surface area contributed by atoms with Crippen LogP contribution < -0.4 is 10.1 Å². The number of carbonyl (C=O) groups excluding carboxylic acids is 1. The Balaban J connectivity index is 1.68. The Labute approximate surface area is 139 Å². The van der Waals surface area contributed by atoms with Crippen LogP contribution >= 0.6 is 0 Å². The van der Waals surface area contributed by atoms with E-state index in [0.717, 1.165) is 11.1 Å². The number of anilines is 1. The van der Waals surface area contributed by atoms with E-state index in [1.54, 1.807) is 25.3 Å². The number of hydrogen-bond acceptors (Lipinski definition) is 5. The molecule has 24 heavy (non-hydrogen) atoms. The van der Waals surface area contributed by atoms with Crippen LogP contribution in [0, 0.1) is 6.92 Å². The molecule has 0 saturated heterocycles. The van der Waals surface area contributed by atoms with Crippen LogP contribution in [0.4, 0.5) is 5.69 Å². The van der Waals surface area contributed by atoms with Crippen LogP contribution in [0.2, 0.25) is 0 Å². The molecule has 0 radical (unpaired) electrons. The minimum atomic E-state index is -0.730. The van der Waals surface area contributed by atoms with E-state index in [-0.39, 0.29) is 11.7 Å². The van der Waals surface area contributed by atoms with E-state index in [0.29, 0.717) is 23.6 Å². The van der Waals surface area contributed by atoms with Gasteiger partial charge in [0, 0.05) is 12.0 Å². The Hall–Kier alpha value is -3.02. The van der Waals surface area contributed by atoms with Gasteiger partial charge in [0.15, 0.2) is 0 Å². The summed E-state index contributed by atoms with van der Waals surface area (Å²) in [5.41, 5.74) is 2.83. The fourth-order valence-corrected chi connectivity index (χ4v) is 2.45. The van der Waals surface area contributed by atoms with Gasteiger partial charge < -0.3 is 20.0 Å². The first-order chi connectivity index (χ1) is 11.6. The van der Waals surface area contributed by atoms with Gasteiger partial charge in [0.25, 0.3) is 5.91 Å². The predicted molar refractivity (Wildman–Crippen MR) is 90.5 cm³/mol. The maximum atomic E-state index is 12.3. The van der Waals surface area contributed by atoms with Crippen molar-refractivity contribution in [2.45, 2.75) is 19.4 Å². The van der Waals surface area contributed by atoms with E-state index < -0.39 is 6.10 Å². The Morgan fingerprint density at radius 1 is 1.33 bits per heavy atom. The van der Waals surface area contributed by atoms with E-state index in [9.17, 15) is 9.90 Å². The lowest BCUT2D eigenvalue weighted by Gasteiger charge is -2.11. The number of phenolic OH excluding ortho intramolecular Hbond substituents is 1. The third kappa shape index (κ3) is 3.32. The van der Waals surface area contributed by atoms with Crippen molar-refractivity contribution in [2.75, 3.05) is 12.4 Å². The highest BCUT2D eigenvalue weighted by molar-refractivity contribution is 6.06. The number of benzene rings is 2. The number of nitrogens with zero attached hydrogens (tertiary/aromatic N) is 1. The number of aryl methyl sites for hydroxylation is 1. The summed E-state index contributed by atoms with van der Waals surface area (Å²) in [6, 6.07) is 12.4. The summed E-state index contributed by atoms with van der Waals surface area (Å²) in [5.74, 6) is 0.381. The first-order valence-corrected chi connectivity index (χ1v) is 7.54. The second-order valence-corrected chi connectivity index (χ2v) is 5.58. The van der Waals surface area contributed by atoms with E-state index in [1.165, 1.54) is 0 Å². The maximum absolute atomic E-state index is 12.3. The minimum Gasteiger partial charge on any atom is -0.506 e. The molecule has 0 aliphatic carbocycles. The molecule has 1 atom stereocenters. The summed E-state index contributed by atoms with van der Waals surface area (Å²) in [6.07, 6.45) is -0.378. The zero-order valence-corrected chi connectivity index (χ0v) is 13.4. The highest BCUT2D eigenvalue weighted by Gasteiger charge is 2.29. The van der Waals surface area contributed by atoms with Gasteiger partial charge in [-0.2, -0.15) is 0 Å². The number of oxime groups is 1. The Morgan fingerprint density at radius 2 is 2.17 bits per heavy atom. The zero-order chi connectivity index (χ0) is 17.1. The smallest absolute Gasteiger partial charge is 0.268 e. The average Bonchev–Trinajstić information content (AvgIpc) is 3.08. The predicted octanol–water partition coefficient (Wildman–Crippen LogP) is 2.84. The quantitative estimate of drug-likeness (QED) is 0.847. The van der Waals surface area contributed by atoms with Crippen molar-refractivity contribution < 1.29 is 19.5 Å². The zero-order valence-electron chi connectivity index (χ0n) is 13.4. The Bertz CT molecular complexity index is 801. The fraction of sp³-hybridized carbons (Fsp3) is 0.222. The molecule has 124 valence electrons. The molecule has 2 aromatic carbocycles. The molecule has 1 aliphatic rings. The number of nitrogens with one attached hydrogen (secondary N) is 1. The molecule has 6 nitrogen and oxygen atoms in total. The number of hydrogen-bond donors (Lipinski definition) is 2. The molecule has 2 N–H and O–H groups in total. The molecule has 1 amide bonds. The fourth-order valence-electron chi connectivity index (χ4n) is 2.45. The van der Waals surface area contributed by atoms with Gasteiger partial charge in [-0.3, -0.25) is 4.79 Å². The Kier molecular flexibility index (Phi) is 4.37. The number of rotatable bonds is 4. The second kappa shape index (κ2) is 6.62. The van der Waals surface area contributed by atoms with Crippen molar-refractivity contribution in [1.29, 1.82) is 0 Å². The number of ether oxygens (including phenoxy) is 1. The van der Waals surface area contributed by atoms with Gasteiger partial charge in [-0.05, 0) is 36.8 Å². The van der Waals surface area contributed by atoms with E-state index in [4.69, 9.17) is 9.57 Å². The van der Waals surface area contributed by atoms with Crippen molar-refractivity contribution in [1.82, 2.24) is 0 Å². The third-order valence-corrected chi connectivity index (χ3v) is 3.77. The lowest BCUT2D eigenvalue weighted by atomic mass is 10.0. The molecule has 0 saturated carbocycles. The molecule has 0 aromatic heterocycles. The minimum absolute atomic E-state index is 0.0147. The second-order valence-electron chi connectivity index (χ2n) is 5.58. The first kappa shape index (κ1) is 15.9. The van der Waals surface area contributed by atoms with Crippen molar-refractivity contribution >= 4 is 17.3 Å². The van der Waals surface area contributed by atoms with Crippen LogP contribution in [-0.2, 0) is 9.63 Å². The van der Waals surface area contributed by atoms with Crippen LogP contribution in [0.3, 0.4) is 0 Å². The molecule has 0 bridgehead atoms. The molecule has 0 spiro atoms. The van der Waals surface area contributed by atoms with Crippen LogP contribution in [0.5, 0.6) is 11.5 Å². The summed E-state index contributed by atoms with van der Waals surface area (Å²) in [4.78, 5) is 17.6. The lowest BCUT2D eigenvalue weighted by molar-refractivity contribution is -0.125. The first-order valence-electron chi connectivity index (χ1n) is 7.54. The molecule has 0 unspecified atom stereocenters. The number of amides is 1. The van der Waals surface area contributed by atoms with Gasteiger partial charge in [-0.1, -0.05) is 23.4 Å². The van der Waals surface area contributed by atoms with Gasteiger partial charge in [0.2, 0.25) is 6.10 Å². The standard InChI is InChI=1S/C18H18N2O4/c1-11-6-7-16(21)15(8-11)19-18(22)17-10-14(20-24-17)12-4-3-5-13(9-12)23-2/h3-9,17,21H,10H2,1-2H3,(H,19,22)/t17-/m1/s1. The average molecular weight is 326 g/mol. The summed E-state index contributed by atoms with van der Waals surface area (Å²) in [5, 5.41) is 16.5.